The molecule has 1 fully saturated rings. The fraction of sp³-hybridized carbons (Fsp3) is 0.667. The highest BCUT2D eigenvalue weighted by molar-refractivity contribution is 8.00. The van der Waals surface area contributed by atoms with Gasteiger partial charge in [-0.15, -0.1) is 16.3 Å². The number of hydrogen-bond donors (Lipinski definition) is 2. The second-order valence-electron chi connectivity index (χ2n) is 4.07. The van der Waals surface area contributed by atoms with Gasteiger partial charge in [0.25, 0.3) is 0 Å². The summed E-state index contributed by atoms with van der Waals surface area (Å²) in [6.45, 7) is 1.63. The van der Waals surface area contributed by atoms with Crippen LogP contribution in [0.1, 0.15) is 11.8 Å². The first kappa shape index (κ1) is 14.4. The summed E-state index contributed by atoms with van der Waals surface area (Å²) in [5, 5.41) is 9.40. The van der Waals surface area contributed by atoms with E-state index in [0.717, 1.165) is 0 Å². The van der Waals surface area contributed by atoms with E-state index >= 15 is 0 Å². The van der Waals surface area contributed by atoms with Crippen molar-refractivity contribution in [2.24, 2.45) is 0 Å². The molecule has 2 rings (SSSR count). The zero-order valence-electron chi connectivity index (χ0n) is 10.2. The number of nitrogens with zero attached hydrogens (tertiary/aromatic N) is 3. The number of thioether (sulfide) groups is 1. The molecule has 1 aliphatic rings. The van der Waals surface area contributed by atoms with Crippen LogP contribution in [0.4, 0.5) is 5.95 Å². The van der Waals surface area contributed by atoms with Crippen LogP contribution in [0.3, 0.4) is 0 Å². The summed E-state index contributed by atoms with van der Waals surface area (Å²) < 4.78 is 17.2. The molecule has 3 N–H and O–H groups in total. The summed E-state index contributed by atoms with van der Waals surface area (Å²) >= 11 is 1.37. The molecule has 2 unspecified atom stereocenters. The van der Waals surface area contributed by atoms with E-state index in [2.05, 4.69) is 9.97 Å². The third-order valence-electron chi connectivity index (χ3n) is 2.68. The van der Waals surface area contributed by atoms with Gasteiger partial charge in [-0.1, -0.05) is 0 Å². The van der Waals surface area contributed by atoms with Crippen molar-refractivity contribution in [3.05, 3.63) is 16.8 Å². The minimum Gasteiger partial charge on any atom is -0.392 e. The van der Waals surface area contributed by atoms with Gasteiger partial charge in [-0.05, 0) is 4.57 Å². The van der Waals surface area contributed by atoms with Crippen LogP contribution in [0.2, 0.25) is 0 Å². The number of nitrogen functional groups attached to an aromatic ring is 1. The zero-order chi connectivity index (χ0) is 14.0. The fourth-order valence-electron chi connectivity index (χ4n) is 1.77. The lowest BCUT2D eigenvalue weighted by molar-refractivity contribution is 0.145. The summed E-state index contributed by atoms with van der Waals surface area (Å²) in [7, 11) is -1.70. The molecule has 1 saturated heterocycles. The van der Waals surface area contributed by atoms with Gasteiger partial charge in [0.05, 0.1) is 16.7 Å². The monoisotopic (exact) mass is 305 g/mol. The number of aliphatic hydroxyl groups excluding tert-OH is 1. The van der Waals surface area contributed by atoms with Gasteiger partial charge < -0.3 is 10.8 Å². The SMILES string of the molecule is C[P+](=O)OCC1S[C@@H](n2cnc(N)nc2=O)C[C@H]1O. The zero-order valence-corrected chi connectivity index (χ0v) is 11.9. The second-order valence-corrected chi connectivity index (χ2v) is 6.63. The number of aromatic nitrogens is 3. The fourth-order valence-corrected chi connectivity index (χ4v) is 3.67. The molecule has 0 radical (unpaired) electrons. The van der Waals surface area contributed by atoms with Crippen LogP contribution in [0.25, 0.3) is 0 Å². The molecule has 0 amide bonds. The molecule has 0 bridgehead atoms. The smallest absolute Gasteiger partial charge is 0.392 e. The quantitative estimate of drug-likeness (QED) is 0.744. The van der Waals surface area contributed by atoms with Crippen molar-refractivity contribution in [3.8, 4) is 0 Å². The summed E-state index contributed by atoms with van der Waals surface area (Å²) in [5.41, 5.74) is 4.82. The molecular weight excluding hydrogens is 291 g/mol. The highest BCUT2D eigenvalue weighted by Crippen LogP contribution is 2.41. The third kappa shape index (κ3) is 3.50. The van der Waals surface area contributed by atoms with Crippen molar-refractivity contribution in [2.75, 3.05) is 19.0 Å². The minimum atomic E-state index is -1.70. The molecule has 104 valence electrons. The van der Waals surface area contributed by atoms with Crippen molar-refractivity contribution in [2.45, 2.75) is 23.1 Å². The molecule has 10 heteroatoms. The second kappa shape index (κ2) is 5.96. The van der Waals surface area contributed by atoms with Crippen LogP contribution in [0, 0.1) is 0 Å². The Bertz CT molecular complexity index is 539. The van der Waals surface area contributed by atoms with Crippen molar-refractivity contribution in [1.82, 2.24) is 14.5 Å². The lowest BCUT2D eigenvalue weighted by atomic mass is 10.2. The van der Waals surface area contributed by atoms with E-state index in [1.807, 2.05) is 0 Å². The standard InChI is InChI=1S/C9H13N4O4PS/c1-18(16)17-3-6-5(14)2-7(19-6)13-4-11-8(10)12-9(13)15/h4-7,14H,2-3H2,1H3,(H-,10,12,15)/p+1/t5-,6?,7-/m1/s1. The maximum Gasteiger partial charge on any atom is 0.504 e. The molecule has 19 heavy (non-hydrogen) atoms. The Labute approximate surface area is 114 Å². The molecule has 2 heterocycles. The Balaban J connectivity index is 2.07. The predicted octanol–water partition coefficient (Wildman–Crippen LogP) is -0.0257. The number of rotatable bonds is 4. The normalized spacial score (nSPS) is 27.5. The van der Waals surface area contributed by atoms with Crippen LogP contribution in [0.15, 0.2) is 11.1 Å². The van der Waals surface area contributed by atoms with Crippen molar-refractivity contribution < 1.29 is 14.2 Å². The first-order valence-corrected chi connectivity index (χ1v) is 8.12. The van der Waals surface area contributed by atoms with E-state index in [0.29, 0.717) is 6.42 Å². The molecule has 0 aromatic carbocycles. The van der Waals surface area contributed by atoms with Crippen LogP contribution in [0.5, 0.6) is 0 Å². The van der Waals surface area contributed by atoms with Crippen LogP contribution >= 0.6 is 19.8 Å². The van der Waals surface area contributed by atoms with Gasteiger partial charge >= 0.3 is 13.7 Å². The molecule has 0 spiro atoms. The van der Waals surface area contributed by atoms with E-state index in [1.54, 1.807) is 0 Å². The summed E-state index contributed by atoms with van der Waals surface area (Å²) in [6.07, 6.45) is 1.07. The van der Waals surface area contributed by atoms with E-state index < -0.39 is 19.8 Å². The number of nitrogens with two attached hydrogens (primary N) is 1. The predicted molar refractivity (Wildman–Crippen MR) is 71.2 cm³/mol. The topological polar surface area (TPSA) is 120 Å². The molecule has 1 aliphatic heterocycles. The first-order valence-electron chi connectivity index (χ1n) is 5.55. The van der Waals surface area contributed by atoms with Crippen LogP contribution in [-0.2, 0) is 9.09 Å². The average Bonchev–Trinajstić information content (AvgIpc) is 2.67. The Hall–Kier alpha value is -1.02. The lowest BCUT2D eigenvalue weighted by Gasteiger charge is -2.11. The summed E-state index contributed by atoms with van der Waals surface area (Å²) in [6, 6.07) is 0. The molecular formula is C9H14N4O4PS+. The third-order valence-corrected chi connectivity index (χ3v) is 4.73. The largest absolute Gasteiger partial charge is 0.504 e. The van der Waals surface area contributed by atoms with Gasteiger partial charge in [0.1, 0.15) is 12.9 Å². The average molecular weight is 305 g/mol. The maximum atomic E-state index is 11.7. The van der Waals surface area contributed by atoms with Crippen LogP contribution < -0.4 is 11.4 Å². The van der Waals surface area contributed by atoms with Gasteiger partial charge in [-0.3, -0.25) is 4.57 Å². The molecule has 4 atom stereocenters. The molecule has 0 saturated carbocycles. The molecule has 0 aliphatic carbocycles. The van der Waals surface area contributed by atoms with Crippen molar-refractivity contribution in [1.29, 1.82) is 0 Å². The number of aliphatic hydroxyl groups is 1. The van der Waals surface area contributed by atoms with Gasteiger partial charge in [-0.2, -0.15) is 4.98 Å². The Morgan fingerprint density at radius 2 is 2.47 bits per heavy atom. The van der Waals surface area contributed by atoms with E-state index in [9.17, 15) is 14.5 Å². The summed E-state index contributed by atoms with van der Waals surface area (Å²) in [5.74, 6) is -0.0762. The van der Waals surface area contributed by atoms with Gasteiger partial charge in [-0.25, -0.2) is 9.78 Å². The minimum absolute atomic E-state index is 0.0762. The molecule has 1 aromatic rings. The van der Waals surface area contributed by atoms with Gasteiger partial charge in [0.2, 0.25) is 5.95 Å². The molecule has 1 aromatic heterocycles. The maximum absolute atomic E-state index is 11.7. The van der Waals surface area contributed by atoms with Gasteiger partial charge in [0, 0.05) is 6.42 Å². The lowest BCUT2D eigenvalue weighted by Crippen LogP contribution is -2.26. The number of anilines is 1. The van der Waals surface area contributed by atoms with E-state index in [-0.39, 0.29) is 23.2 Å². The van der Waals surface area contributed by atoms with Crippen molar-refractivity contribution in [3.63, 3.8) is 0 Å². The Morgan fingerprint density at radius 1 is 1.74 bits per heavy atom. The summed E-state index contributed by atoms with van der Waals surface area (Å²) in [4.78, 5) is 19.0. The molecule has 8 nitrogen and oxygen atoms in total. The van der Waals surface area contributed by atoms with Gasteiger partial charge in [0.15, 0.2) is 6.66 Å². The Kier molecular flexibility index (Phi) is 4.51. The van der Waals surface area contributed by atoms with Crippen molar-refractivity contribution >= 4 is 25.7 Å². The van der Waals surface area contributed by atoms with E-state index in [4.69, 9.17) is 10.3 Å². The highest BCUT2D eigenvalue weighted by atomic mass is 32.2. The van der Waals surface area contributed by atoms with E-state index in [1.165, 1.54) is 29.3 Å². The first-order chi connectivity index (χ1) is 8.97. The van der Waals surface area contributed by atoms with Crippen LogP contribution in [-0.4, -0.2) is 44.3 Å². The highest BCUT2D eigenvalue weighted by Gasteiger charge is 2.37. The number of hydrogen-bond acceptors (Lipinski definition) is 8. The Morgan fingerprint density at radius 3 is 3.11 bits per heavy atom.